The lowest BCUT2D eigenvalue weighted by atomic mass is 10.9. The predicted octanol–water partition coefficient (Wildman–Crippen LogP) is -0.206. The second-order valence-electron chi connectivity index (χ2n) is 1.33. The molecule has 0 fully saturated rings. The van der Waals surface area contributed by atoms with Crippen molar-refractivity contribution in [2.45, 2.75) is 0 Å². The van der Waals surface area contributed by atoms with Gasteiger partial charge in [-0.15, -0.1) is 0 Å². The minimum atomic E-state index is -0.511. The van der Waals surface area contributed by atoms with E-state index in [0.29, 0.717) is 6.61 Å². The molecule has 0 amide bonds. The molecule has 0 aliphatic carbocycles. The van der Waals surface area contributed by atoms with Gasteiger partial charge in [-0.3, -0.25) is 4.62 Å². The van der Waals surface area contributed by atoms with Gasteiger partial charge in [0.15, 0.2) is 0 Å². The summed E-state index contributed by atoms with van der Waals surface area (Å²) < 4.78 is 4.48. The summed E-state index contributed by atoms with van der Waals surface area (Å²) in [6, 6.07) is 0. The number of rotatable bonds is 4. The molecule has 4 N–H and O–H groups in total. The normalized spacial score (nSPS) is 13.9. The Morgan fingerprint density at radius 2 is 2.12 bits per heavy atom. The van der Waals surface area contributed by atoms with Crippen molar-refractivity contribution in [2.75, 3.05) is 19.4 Å². The van der Waals surface area contributed by atoms with Crippen LogP contribution in [0.5, 0.6) is 0 Å². The van der Waals surface area contributed by atoms with Gasteiger partial charge in [0, 0.05) is 6.16 Å². The first-order valence-electron chi connectivity index (χ1n) is 2.21. The summed E-state index contributed by atoms with van der Waals surface area (Å²) in [5.41, 5.74) is 0. The maximum absolute atomic E-state index is 4.85. The number of nitrogens with two attached hydrogens (primary N) is 2. The van der Waals surface area contributed by atoms with Crippen LogP contribution in [-0.4, -0.2) is 19.4 Å². The molecule has 0 spiro atoms. The zero-order valence-corrected chi connectivity index (χ0v) is 5.73. The highest BCUT2D eigenvalue weighted by molar-refractivity contribution is 7.51. The third kappa shape index (κ3) is 4.43. The van der Waals surface area contributed by atoms with E-state index >= 15 is 0 Å². The van der Waals surface area contributed by atoms with Crippen LogP contribution in [0.4, 0.5) is 0 Å². The molecule has 1 unspecified atom stereocenters. The second-order valence-corrected chi connectivity index (χ2v) is 3.24. The molecule has 0 rings (SSSR count). The molecule has 0 aliphatic heterocycles. The van der Waals surface area contributed by atoms with Crippen molar-refractivity contribution in [3.05, 3.63) is 0 Å². The van der Waals surface area contributed by atoms with Crippen LogP contribution in [0.2, 0.25) is 0 Å². The lowest BCUT2D eigenvalue weighted by Gasteiger charge is -2.04. The molecule has 0 saturated carbocycles. The van der Waals surface area contributed by atoms with Gasteiger partial charge in [0.2, 0.25) is 0 Å². The first-order chi connectivity index (χ1) is 3.81. The van der Waals surface area contributed by atoms with Crippen molar-refractivity contribution in [3.63, 3.8) is 0 Å². The quantitative estimate of drug-likeness (QED) is 0.416. The first-order valence-corrected chi connectivity index (χ1v) is 4.10. The molecule has 0 aromatic rings. The Hall–Kier alpha value is 0.270. The van der Waals surface area contributed by atoms with E-state index in [9.17, 15) is 0 Å². The second kappa shape index (κ2) is 5.41. The topological polar surface area (TPSA) is 70.5 Å². The summed E-state index contributed by atoms with van der Waals surface area (Å²) in [4.78, 5) is 4.29. The van der Waals surface area contributed by atoms with E-state index in [4.69, 9.17) is 11.8 Å². The van der Waals surface area contributed by atoms with Crippen molar-refractivity contribution in [1.82, 2.24) is 0 Å². The fourth-order valence-corrected chi connectivity index (χ4v) is 0.702. The maximum atomic E-state index is 4.85. The zero-order valence-electron chi connectivity index (χ0n) is 4.83. The highest BCUT2D eigenvalue weighted by Crippen LogP contribution is 2.27. The average Bonchev–Trinajstić information content (AvgIpc) is 1.83. The molecule has 1 atom stereocenters. The van der Waals surface area contributed by atoms with Gasteiger partial charge in [-0.2, -0.15) is 0 Å². The summed E-state index contributed by atoms with van der Waals surface area (Å²) in [5, 5.41) is 0. The van der Waals surface area contributed by atoms with Gasteiger partial charge in [0.25, 0.3) is 0 Å². The van der Waals surface area contributed by atoms with Crippen LogP contribution >= 0.6 is 8.15 Å². The van der Waals surface area contributed by atoms with Gasteiger partial charge in [-0.1, -0.05) is 0 Å². The van der Waals surface area contributed by atoms with Crippen molar-refractivity contribution in [2.24, 2.45) is 11.8 Å². The third-order valence-electron chi connectivity index (χ3n) is 0.704. The van der Waals surface area contributed by atoms with Crippen LogP contribution in [0.3, 0.4) is 0 Å². The van der Waals surface area contributed by atoms with Crippen molar-refractivity contribution >= 4 is 8.15 Å². The lowest BCUT2D eigenvalue weighted by molar-refractivity contribution is 0.152. The number of hydrogen-bond acceptors (Lipinski definition) is 4. The largest absolute Gasteiger partial charge is 0.304 e. The molecule has 5 heteroatoms. The summed E-state index contributed by atoms with van der Waals surface area (Å²) >= 11 is 0. The molecule has 0 bridgehead atoms. The summed E-state index contributed by atoms with van der Waals surface area (Å²) in [6.45, 7) is 2.42. The minimum Gasteiger partial charge on any atom is -0.304 e. The zero-order chi connectivity index (χ0) is 6.41. The van der Waals surface area contributed by atoms with E-state index in [1.54, 1.807) is 0 Å². The van der Waals surface area contributed by atoms with Crippen LogP contribution in [0.15, 0.2) is 0 Å². The smallest absolute Gasteiger partial charge is 0.0740 e. The Morgan fingerprint density at radius 3 is 2.50 bits per heavy atom. The van der Waals surface area contributed by atoms with Gasteiger partial charge in [0.05, 0.1) is 14.8 Å². The van der Waals surface area contributed by atoms with E-state index in [1.165, 1.54) is 0 Å². The molecule has 0 aromatic carbocycles. The van der Waals surface area contributed by atoms with Crippen LogP contribution in [0.1, 0.15) is 0 Å². The molecule has 0 aromatic heterocycles. The summed E-state index contributed by atoms with van der Waals surface area (Å²) in [5.74, 6) is 9.59. The molecule has 0 heterocycles. The van der Waals surface area contributed by atoms with Crippen LogP contribution in [0.25, 0.3) is 0 Å². The van der Waals surface area contributed by atoms with Crippen molar-refractivity contribution in [1.29, 1.82) is 0 Å². The van der Waals surface area contributed by atoms with Gasteiger partial charge in [0.1, 0.15) is 0 Å². The fraction of sp³-hybridized carbons (Fsp3) is 1.00. The molecule has 0 radical (unpaired) electrons. The molecule has 0 saturated heterocycles. The van der Waals surface area contributed by atoms with Crippen molar-refractivity contribution in [3.8, 4) is 0 Å². The molecule has 0 aliphatic rings. The molecular formula is C3H11N2O2P. The Labute approximate surface area is 49.9 Å². The molecule has 8 heavy (non-hydrogen) atoms. The minimum absolute atomic E-state index is 0.511. The standard InChI is InChI=1S/C3H11N2O2P/c1-8(7-5)3-2-6-4/h2-5H2,1H3. The Kier molecular flexibility index (Phi) is 5.59. The van der Waals surface area contributed by atoms with E-state index in [2.05, 4.69) is 9.46 Å². The summed E-state index contributed by atoms with van der Waals surface area (Å²) in [7, 11) is -0.511. The van der Waals surface area contributed by atoms with Crippen LogP contribution < -0.4 is 11.8 Å². The van der Waals surface area contributed by atoms with Gasteiger partial charge < -0.3 is 4.84 Å². The molecular weight excluding hydrogens is 127 g/mol. The highest BCUT2D eigenvalue weighted by atomic mass is 31.1. The van der Waals surface area contributed by atoms with Crippen LogP contribution in [-0.2, 0) is 9.46 Å². The van der Waals surface area contributed by atoms with E-state index in [1.807, 2.05) is 6.66 Å². The SMILES string of the molecule is CP(CCON)ON. The molecule has 4 nitrogen and oxygen atoms in total. The average molecular weight is 138 g/mol. The first kappa shape index (κ1) is 8.27. The van der Waals surface area contributed by atoms with E-state index in [0.717, 1.165) is 6.16 Å². The Morgan fingerprint density at radius 1 is 1.50 bits per heavy atom. The predicted molar refractivity (Wildman–Crippen MR) is 33.1 cm³/mol. The van der Waals surface area contributed by atoms with E-state index in [-0.39, 0.29) is 0 Å². The summed E-state index contributed by atoms with van der Waals surface area (Å²) in [6.07, 6.45) is 0.794. The van der Waals surface area contributed by atoms with Gasteiger partial charge >= 0.3 is 0 Å². The number of hydrogen-bond donors (Lipinski definition) is 2. The Balaban J connectivity index is 2.86. The van der Waals surface area contributed by atoms with Gasteiger partial charge in [-0.05, 0) is 6.66 Å². The Bertz CT molecular complexity index is 54.5. The van der Waals surface area contributed by atoms with Gasteiger partial charge in [-0.25, -0.2) is 11.8 Å². The maximum Gasteiger partial charge on any atom is 0.0740 e. The lowest BCUT2D eigenvalue weighted by Crippen LogP contribution is -2.06. The van der Waals surface area contributed by atoms with Crippen LogP contribution in [0, 0.1) is 0 Å². The molecule has 50 valence electrons. The third-order valence-corrected chi connectivity index (χ3v) is 1.88. The monoisotopic (exact) mass is 138 g/mol. The van der Waals surface area contributed by atoms with E-state index < -0.39 is 8.15 Å². The fourth-order valence-electron chi connectivity index (χ4n) is 0.234. The van der Waals surface area contributed by atoms with Crippen molar-refractivity contribution < 1.29 is 9.46 Å². The highest BCUT2D eigenvalue weighted by Gasteiger charge is 1.96.